The zero-order valence-electron chi connectivity index (χ0n) is 8.03. The van der Waals surface area contributed by atoms with Gasteiger partial charge in [-0.15, -0.1) is 11.6 Å². The van der Waals surface area contributed by atoms with Gasteiger partial charge in [0.25, 0.3) is 0 Å². The first-order chi connectivity index (χ1) is 6.79. The van der Waals surface area contributed by atoms with Crippen LogP contribution < -0.4 is 0 Å². The van der Waals surface area contributed by atoms with Crippen LogP contribution in [0.3, 0.4) is 0 Å². The molecule has 2 nitrogen and oxygen atoms in total. The van der Waals surface area contributed by atoms with Crippen molar-refractivity contribution in [3.05, 3.63) is 35.4 Å². The van der Waals surface area contributed by atoms with E-state index in [0.29, 0.717) is 5.88 Å². The molecule has 0 spiro atoms. The van der Waals surface area contributed by atoms with Crippen molar-refractivity contribution in [3.8, 4) is 0 Å². The molecule has 0 saturated carbocycles. The normalized spacial score (nSPS) is 20.4. The van der Waals surface area contributed by atoms with Gasteiger partial charge in [0.05, 0.1) is 11.6 Å². The number of hydrogen-bond donors (Lipinski definition) is 0. The SMILES string of the molecule is Cc1cccc(C2=NOC(CCl)C2)c1. The van der Waals surface area contributed by atoms with E-state index < -0.39 is 0 Å². The number of hydrogen-bond acceptors (Lipinski definition) is 2. The second-order valence-electron chi connectivity index (χ2n) is 3.49. The van der Waals surface area contributed by atoms with E-state index in [4.69, 9.17) is 16.4 Å². The molecule has 14 heavy (non-hydrogen) atoms. The van der Waals surface area contributed by atoms with Crippen LogP contribution in [0.4, 0.5) is 0 Å². The smallest absolute Gasteiger partial charge is 0.146 e. The van der Waals surface area contributed by atoms with Gasteiger partial charge in [0.1, 0.15) is 6.10 Å². The Balaban J connectivity index is 2.17. The summed E-state index contributed by atoms with van der Waals surface area (Å²) in [6, 6.07) is 8.25. The van der Waals surface area contributed by atoms with Crippen molar-refractivity contribution >= 4 is 17.3 Å². The molecule has 1 aromatic carbocycles. The minimum Gasteiger partial charge on any atom is -0.391 e. The Labute approximate surface area is 88.5 Å². The summed E-state index contributed by atoms with van der Waals surface area (Å²) in [5.41, 5.74) is 3.37. The summed E-state index contributed by atoms with van der Waals surface area (Å²) < 4.78 is 0. The molecule has 0 aromatic heterocycles. The van der Waals surface area contributed by atoms with Crippen molar-refractivity contribution in [1.29, 1.82) is 0 Å². The topological polar surface area (TPSA) is 21.6 Å². The van der Waals surface area contributed by atoms with Gasteiger partial charge in [0.15, 0.2) is 0 Å². The fourth-order valence-corrected chi connectivity index (χ4v) is 1.67. The molecule has 0 saturated heterocycles. The number of nitrogens with zero attached hydrogens (tertiary/aromatic N) is 1. The molecule has 0 N–H and O–H groups in total. The molecule has 0 fully saturated rings. The average Bonchev–Trinajstić information content (AvgIpc) is 2.66. The number of alkyl halides is 1. The van der Waals surface area contributed by atoms with Gasteiger partial charge < -0.3 is 4.84 Å². The summed E-state index contributed by atoms with van der Waals surface area (Å²) in [6.45, 7) is 2.07. The number of halogens is 1. The molecule has 0 aliphatic carbocycles. The second-order valence-corrected chi connectivity index (χ2v) is 3.80. The summed E-state index contributed by atoms with van der Waals surface area (Å²) in [5, 5.41) is 4.03. The number of benzene rings is 1. The first-order valence-corrected chi connectivity index (χ1v) is 5.19. The highest BCUT2D eigenvalue weighted by Crippen LogP contribution is 2.18. The quantitative estimate of drug-likeness (QED) is 0.687. The highest BCUT2D eigenvalue weighted by atomic mass is 35.5. The Kier molecular flexibility index (Phi) is 2.73. The average molecular weight is 210 g/mol. The fraction of sp³-hybridized carbons (Fsp3) is 0.364. The Morgan fingerprint density at radius 3 is 3.07 bits per heavy atom. The fourth-order valence-electron chi connectivity index (χ4n) is 1.51. The molecular formula is C11H12ClNO. The number of oxime groups is 1. The van der Waals surface area contributed by atoms with Crippen molar-refractivity contribution in [3.63, 3.8) is 0 Å². The molecule has 0 amide bonds. The van der Waals surface area contributed by atoms with Crippen molar-refractivity contribution < 1.29 is 4.84 Å². The maximum Gasteiger partial charge on any atom is 0.146 e. The minimum atomic E-state index is 0.0483. The molecule has 2 rings (SSSR count). The highest BCUT2D eigenvalue weighted by molar-refractivity contribution is 6.18. The van der Waals surface area contributed by atoms with E-state index in [0.717, 1.165) is 17.7 Å². The summed E-state index contributed by atoms with van der Waals surface area (Å²) in [4.78, 5) is 5.17. The Morgan fingerprint density at radius 1 is 1.57 bits per heavy atom. The van der Waals surface area contributed by atoms with Gasteiger partial charge in [-0.2, -0.15) is 0 Å². The molecule has 3 heteroatoms. The molecule has 1 aliphatic heterocycles. The third-order valence-corrected chi connectivity index (χ3v) is 2.60. The van der Waals surface area contributed by atoms with E-state index >= 15 is 0 Å². The lowest BCUT2D eigenvalue weighted by Crippen LogP contribution is -2.09. The van der Waals surface area contributed by atoms with Gasteiger partial charge in [-0.25, -0.2) is 0 Å². The molecule has 1 aromatic rings. The van der Waals surface area contributed by atoms with Crippen LogP contribution in [0.5, 0.6) is 0 Å². The Bertz CT molecular complexity index is 362. The van der Waals surface area contributed by atoms with Crippen LogP contribution in [0, 0.1) is 6.92 Å². The van der Waals surface area contributed by atoms with Crippen molar-refractivity contribution in [2.45, 2.75) is 19.4 Å². The van der Waals surface area contributed by atoms with E-state index in [9.17, 15) is 0 Å². The first kappa shape index (κ1) is 9.53. The minimum absolute atomic E-state index is 0.0483. The molecule has 1 heterocycles. The van der Waals surface area contributed by atoms with Crippen LogP contribution in [0.1, 0.15) is 17.5 Å². The van der Waals surface area contributed by atoms with E-state index in [1.165, 1.54) is 5.56 Å². The maximum absolute atomic E-state index is 5.69. The standard InChI is InChI=1S/C11H12ClNO/c1-8-3-2-4-9(5-8)11-6-10(7-12)14-13-11/h2-5,10H,6-7H2,1H3. The van der Waals surface area contributed by atoms with Crippen molar-refractivity contribution in [1.82, 2.24) is 0 Å². The lowest BCUT2D eigenvalue weighted by atomic mass is 10.0. The largest absolute Gasteiger partial charge is 0.391 e. The summed E-state index contributed by atoms with van der Waals surface area (Å²) in [6.07, 6.45) is 0.861. The summed E-state index contributed by atoms with van der Waals surface area (Å²) in [7, 11) is 0. The summed E-state index contributed by atoms with van der Waals surface area (Å²) in [5.74, 6) is 0.499. The lowest BCUT2D eigenvalue weighted by molar-refractivity contribution is 0.102. The third-order valence-electron chi connectivity index (χ3n) is 2.26. The summed E-state index contributed by atoms with van der Waals surface area (Å²) >= 11 is 5.69. The monoisotopic (exact) mass is 209 g/mol. The van der Waals surface area contributed by atoms with Gasteiger partial charge >= 0.3 is 0 Å². The van der Waals surface area contributed by atoms with Crippen LogP contribution in [0.15, 0.2) is 29.4 Å². The molecule has 1 unspecified atom stereocenters. The molecule has 0 radical (unpaired) electrons. The predicted octanol–water partition coefficient (Wildman–Crippen LogP) is 2.73. The van der Waals surface area contributed by atoms with Crippen molar-refractivity contribution in [2.24, 2.45) is 5.16 Å². The van der Waals surface area contributed by atoms with Crippen LogP contribution in [-0.4, -0.2) is 17.7 Å². The van der Waals surface area contributed by atoms with Gasteiger partial charge in [0, 0.05) is 6.42 Å². The van der Waals surface area contributed by atoms with E-state index in [1.807, 2.05) is 12.1 Å². The van der Waals surface area contributed by atoms with Crippen LogP contribution in [0.2, 0.25) is 0 Å². The lowest BCUT2D eigenvalue weighted by Gasteiger charge is -2.01. The first-order valence-electron chi connectivity index (χ1n) is 4.65. The third kappa shape index (κ3) is 1.90. The van der Waals surface area contributed by atoms with Gasteiger partial charge in [-0.05, 0) is 12.5 Å². The van der Waals surface area contributed by atoms with Gasteiger partial charge in [0.2, 0.25) is 0 Å². The Hall–Kier alpha value is -1.02. The maximum atomic E-state index is 5.69. The van der Waals surface area contributed by atoms with Crippen LogP contribution in [0.25, 0.3) is 0 Å². The van der Waals surface area contributed by atoms with E-state index in [-0.39, 0.29) is 6.10 Å². The van der Waals surface area contributed by atoms with E-state index in [2.05, 4.69) is 24.2 Å². The molecule has 74 valence electrons. The zero-order valence-corrected chi connectivity index (χ0v) is 8.79. The predicted molar refractivity (Wildman–Crippen MR) is 57.9 cm³/mol. The Morgan fingerprint density at radius 2 is 2.43 bits per heavy atom. The van der Waals surface area contributed by atoms with Crippen molar-refractivity contribution in [2.75, 3.05) is 5.88 Å². The second kappa shape index (κ2) is 4.01. The van der Waals surface area contributed by atoms with E-state index in [1.54, 1.807) is 0 Å². The highest BCUT2D eigenvalue weighted by Gasteiger charge is 2.20. The molecule has 0 bridgehead atoms. The number of rotatable bonds is 2. The number of aryl methyl sites for hydroxylation is 1. The molecular weight excluding hydrogens is 198 g/mol. The molecule has 1 aliphatic rings. The zero-order chi connectivity index (χ0) is 9.97. The molecule has 1 atom stereocenters. The van der Waals surface area contributed by atoms with Crippen LogP contribution in [-0.2, 0) is 4.84 Å². The van der Waals surface area contributed by atoms with Crippen LogP contribution >= 0.6 is 11.6 Å². The van der Waals surface area contributed by atoms with Gasteiger partial charge in [-0.1, -0.05) is 35.0 Å². The van der Waals surface area contributed by atoms with Gasteiger partial charge in [-0.3, -0.25) is 0 Å².